The van der Waals surface area contributed by atoms with Crippen LogP contribution in [0.1, 0.15) is 50.7 Å². The summed E-state index contributed by atoms with van der Waals surface area (Å²) >= 11 is 2.55. The maximum absolute atomic E-state index is 5.87. The third-order valence-corrected chi connectivity index (χ3v) is 6.24. The minimum absolute atomic E-state index is 0.632. The Hall–Kier alpha value is -1.03. The van der Waals surface area contributed by atoms with E-state index < -0.39 is 0 Å². The van der Waals surface area contributed by atoms with Crippen LogP contribution in [0.25, 0.3) is 0 Å². The Morgan fingerprint density at radius 3 is 2.24 bits per heavy atom. The molecular formula is C23H31IO. The summed E-state index contributed by atoms with van der Waals surface area (Å²) in [6.45, 7) is 5.30. The fourth-order valence-electron chi connectivity index (χ4n) is 2.89. The largest absolute Gasteiger partial charge is 0.489 e. The van der Waals surface area contributed by atoms with Crippen molar-refractivity contribution in [3.63, 3.8) is 0 Å². The molecule has 0 heterocycles. The molecule has 1 nitrogen and oxygen atoms in total. The zero-order valence-corrected chi connectivity index (χ0v) is 17.7. The monoisotopic (exact) mass is 450 g/mol. The Labute approximate surface area is 167 Å². The molecule has 2 rings (SSSR count). The number of hydrogen-bond acceptors (Lipinski definition) is 1. The summed E-state index contributed by atoms with van der Waals surface area (Å²) in [5.74, 6) is 2.67. The number of hydrogen-bond donors (Lipinski definition) is 0. The van der Waals surface area contributed by atoms with Crippen LogP contribution < -0.4 is 4.74 Å². The summed E-state index contributed by atoms with van der Waals surface area (Å²) in [4.78, 5) is 0. The molecule has 0 aliphatic carbocycles. The quantitative estimate of drug-likeness (QED) is 0.263. The molecule has 0 spiro atoms. The number of ether oxygens (including phenoxy) is 1. The van der Waals surface area contributed by atoms with E-state index in [4.69, 9.17) is 4.74 Å². The van der Waals surface area contributed by atoms with Gasteiger partial charge in [0.25, 0.3) is 0 Å². The summed E-state index contributed by atoms with van der Waals surface area (Å²) in [6.07, 6.45) is 6.52. The first-order chi connectivity index (χ1) is 12.2. The van der Waals surface area contributed by atoms with E-state index in [1.165, 1.54) is 47.7 Å². The lowest BCUT2D eigenvalue weighted by Gasteiger charge is -2.16. The highest BCUT2D eigenvalue weighted by atomic mass is 127. The number of halogens is 1. The van der Waals surface area contributed by atoms with E-state index >= 15 is 0 Å². The minimum atomic E-state index is 0.632. The van der Waals surface area contributed by atoms with Crippen LogP contribution in [-0.4, -0.2) is 4.43 Å². The van der Waals surface area contributed by atoms with Crippen LogP contribution in [0.5, 0.6) is 5.75 Å². The molecule has 0 aliphatic heterocycles. The molecule has 25 heavy (non-hydrogen) atoms. The van der Waals surface area contributed by atoms with Gasteiger partial charge in [-0.25, -0.2) is 0 Å². The van der Waals surface area contributed by atoms with Crippen molar-refractivity contribution in [1.29, 1.82) is 0 Å². The molecule has 0 fully saturated rings. The number of rotatable bonds is 11. The van der Waals surface area contributed by atoms with Crippen molar-refractivity contribution in [3.05, 3.63) is 65.7 Å². The molecular weight excluding hydrogens is 419 g/mol. The first-order valence-electron chi connectivity index (χ1n) is 9.52. The van der Waals surface area contributed by atoms with E-state index in [2.05, 4.69) is 72.8 Å². The van der Waals surface area contributed by atoms with Crippen LogP contribution in [0, 0.1) is 11.8 Å². The molecule has 0 saturated carbocycles. The molecule has 136 valence electrons. The predicted molar refractivity (Wildman–Crippen MR) is 117 cm³/mol. The van der Waals surface area contributed by atoms with E-state index in [1.54, 1.807) is 0 Å². The first kappa shape index (κ1) is 20.3. The van der Waals surface area contributed by atoms with Gasteiger partial charge in [0.2, 0.25) is 0 Å². The second-order valence-corrected chi connectivity index (χ2v) is 7.95. The van der Waals surface area contributed by atoms with Gasteiger partial charge < -0.3 is 4.74 Å². The smallest absolute Gasteiger partial charge is 0.119 e. The summed E-state index contributed by atoms with van der Waals surface area (Å²) in [5.41, 5.74) is 2.63. The van der Waals surface area contributed by atoms with Crippen molar-refractivity contribution in [2.24, 2.45) is 11.8 Å². The third kappa shape index (κ3) is 7.81. The van der Waals surface area contributed by atoms with E-state index in [0.29, 0.717) is 6.61 Å². The molecule has 2 aromatic rings. The van der Waals surface area contributed by atoms with Crippen LogP contribution in [0.4, 0.5) is 0 Å². The Morgan fingerprint density at radius 1 is 0.880 bits per heavy atom. The molecule has 0 radical (unpaired) electrons. The van der Waals surface area contributed by atoms with Gasteiger partial charge in [-0.15, -0.1) is 0 Å². The summed E-state index contributed by atoms with van der Waals surface area (Å²) < 4.78 is 7.14. The standard InChI is InChI=1S/C23H31IO/c1-3-19(2)9-10-21(17-24)12-11-20-13-15-23(16-14-20)25-18-22-7-5-4-6-8-22/h4-8,13-16,19,21H,3,9-12,17-18H2,1-2H3. The average molecular weight is 450 g/mol. The van der Waals surface area contributed by atoms with Gasteiger partial charge in [-0.1, -0.05) is 91.7 Å². The van der Waals surface area contributed by atoms with Gasteiger partial charge in [0.05, 0.1) is 0 Å². The van der Waals surface area contributed by atoms with Crippen LogP contribution in [0.15, 0.2) is 54.6 Å². The van der Waals surface area contributed by atoms with E-state index in [1.807, 2.05) is 18.2 Å². The fourth-order valence-corrected chi connectivity index (χ4v) is 3.77. The molecule has 2 heteroatoms. The Kier molecular flexibility index (Phi) is 9.38. The van der Waals surface area contributed by atoms with E-state index in [9.17, 15) is 0 Å². The second-order valence-electron chi connectivity index (χ2n) is 7.07. The van der Waals surface area contributed by atoms with Crippen molar-refractivity contribution in [3.8, 4) is 5.75 Å². The van der Waals surface area contributed by atoms with Crippen LogP contribution in [0.3, 0.4) is 0 Å². The average Bonchev–Trinajstić information content (AvgIpc) is 2.68. The lowest BCUT2D eigenvalue weighted by atomic mass is 9.92. The van der Waals surface area contributed by atoms with Crippen molar-refractivity contribution in [2.75, 3.05) is 4.43 Å². The van der Waals surface area contributed by atoms with E-state index in [-0.39, 0.29) is 0 Å². The fraction of sp³-hybridized carbons (Fsp3) is 0.478. The highest BCUT2D eigenvalue weighted by molar-refractivity contribution is 14.1. The highest BCUT2D eigenvalue weighted by Crippen LogP contribution is 2.22. The summed E-state index contributed by atoms with van der Waals surface area (Å²) in [6, 6.07) is 19.0. The van der Waals surface area contributed by atoms with Gasteiger partial charge in [-0.05, 0) is 54.4 Å². The number of alkyl halides is 1. The Balaban J connectivity index is 1.75. The minimum Gasteiger partial charge on any atom is -0.489 e. The molecule has 0 aromatic heterocycles. The lowest BCUT2D eigenvalue weighted by molar-refractivity contribution is 0.306. The molecule has 0 aliphatic rings. The zero-order valence-electron chi connectivity index (χ0n) is 15.6. The normalized spacial score (nSPS) is 13.4. The van der Waals surface area contributed by atoms with Crippen LogP contribution in [0.2, 0.25) is 0 Å². The Morgan fingerprint density at radius 2 is 1.60 bits per heavy atom. The molecule has 0 saturated heterocycles. The Bertz CT molecular complexity index is 579. The molecule has 0 bridgehead atoms. The van der Waals surface area contributed by atoms with E-state index in [0.717, 1.165) is 17.6 Å². The van der Waals surface area contributed by atoms with Gasteiger partial charge in [0, 0.05) is 4.43 Å². The van der Waals surface area contributed by atoms with Crippen molar-refractivity contribution >= 4 is 22.6 Å². The molecule has 2 atom stereocenters. The first-order valence-corrected chi connectivity index (χ1v) is 11.1. The van der Waals surface area contributed by atoms with Crippen LogP contribution >= 0.6 is 22.6 Å². The van der Waals surface area contributed by atoms with Crippen molar-refractivity contribution in [1.82, 2.24) is 0 Å². The van der Waals surface area contributed by atoms with Gasteiger partial charge in [0.15, 0.2) is 0 Å². The lowest BCUT2D eigenvalue weighted by Crippen LogP contribution is -2.06. The van der Waals surface area contributed by atoms with Gasteiger partial charge in [-0.2, -0.15) is 0 Å². The maximum Gasteiger partial charge on any atom is 0.119 e. The summed E-state index contributed by atoms with van der Waals surface area (Å²) in [7, 11) is 0. The molecule has 2 unspecified atom stereocenters. The predicted octanol–water partition coefficient (Wildman–Crippen LogP) is 7.08. The van der Waals surface area contributed by atoms with Gasteiger partial charge in [0.1, 0.15) is 12.4 Å². The molecule has 2 aromatic carbocycles. The summed E-state index contributed by atoms with van der Waals surface area (Å²) in [5, 5.41) is 0. The van der Waals surface area contributed by atoms with Gasteiger partial charge in [-0.3, -0.25) is 0 Å². The topological polar surface area (TPSA) is 9.23 Å². The van der Waals surface area contributed by atoms with Crippen molar-refractivity contribution < 1.29 is 4.74 Å². The van der Waals surface area contributed by atoms with Crippen molar-refractivity contribution in [2.45, 2.75) is 52.6 Å². The van der Waals surface area contributed by atoms with Gasteiger partial charge >= 0.3 is 0 Å². The van der Waals surface area contributed by atoms with Crippen LogP contribution in [-0.2, 0) is 13.0 Å². The molecule has 0 amide bonds. The third-order valence-electron chi connectivity index (χ3n) is 5.00. The number of benzene rings is 2. The second kappa shape index (κ2) is 11.6. The zero-order chi connectivity index (χ0) is 17.9. The highest BCUT2D eigenvalue weighted by Gasteiger charge is 2.10. The number of aryl methyl sites for hydroxylation is 1. The SMILES string of the molecule is CCC(C)CCC(CI)CCc1ccc(OCc2ccccc2)cc1. The molecule has 0 N–H and O–H groups in total. The maximum atomic E-state index is 5.87.